The van der Waals surface area contributed by atoms with E-state index in [2.05, 4.69) is 32.7 Å². The van der Waals surface area contributed by atoms with Gasteiger partial charge >= 0.3 is 0 Å². The van der Waals surface area contributed by atoms with Crippen molar-refractivity contribution in [1.29, 1.82) is 0 Å². The molecule has 0 aromatic carbocycles. The van der Waals surface area contributed by atoms with Crippen molar-refractivity contribution in [2.24, 2.45) is 11.3 Å². The van der Waals surface area contributed by atoms with Gasteiger partial charge in [-0.25, -0.2) is 0 Å². The summed E-state index contributed by atoms with van der Waals surface area (Å²) < 4.78 is 0. The molecule has 0 aliphatic heterocycles. The Hall–Kier alpha value is -0.0800. The third-order valence-corrected chi connectivity index (χ3v) is 4.79. The molecule has 3 unspecified atom stereocenters. The highest BCUT2D eigenvalue weighted by molar-refractivity contribution is 4.94. The van der Waals surface area contributed by atoms with Crippen LogP contribution in [0, 0.1) is 11.3 Å². The van der Waals surface area contributed by atoms with Crippen LogP contribution in [-0.2, 0) is 0 Å². The molecular formula is C14H27NO. The lowest BCUT2D eigenvalue weighted by atomic mass is 9.73. The van der Waals surface area contributed by atoms with Gasteiger partial charge in [-0.05, 0) is 57.4 Å². The molecule has 0 aromatic rings. The first kappa shape index (κ1) is 12.4. The zero-order valence-electron chi connectivity index (χ0n) is 11.2. The third-order valence-electron chi connectivity index (χ3n) is 4.79. The van der Waals surface area contributed by atoms with Gasteiger partial charge in [0.1, 0.15) is 0 Å². The summed E-state index contributed by atoms with van der Waals surface area (Å²) in [6, 6.07) is 1.02. The van der Waals surface area contributed by atoms with E-state index in [4.69, 9.17) is 0 Å². The Kier molecular flexibility index (Phi) is 3.33. The van der Waals surface area contributed by atoms with Gasteiger partial charge in [0.2, 0.25) is 0 Å². The standard InChI is InChI=1S/C14H27NO/c1-10(11-5-6-11)15(4)12-9-14(2,3)8-7-13(12)16/h10-13,16H,5-9H2,1-4H3. The molecule has 3 atom stereocenters. The number of hydrogen-bond donors (Lipinski definition) is 1. The average Bonchev–Trinajstić information content (AvgIpc) is 3.03. The predicted octanol–water partition coefficient (Wildman–Crippen LogP) is 2.66. The molecule has 0 aromatic heterocycles. The Morgan fingerprint density at radius 1 is 1.25 bits per heavy atom. The van der Waals surface area contributed by atoms with E-state index in [1.165, 1.54) is 12.8 Å². The minimum Gasteiger partial charge on any atom is -0.391 e. The van der Waals surface area contributed by atoms with E-state index < -0.39 is 0 Å². The van der Waals surface area contributed by atoms with Crippen LogP contribution in [-0.4, -0.2) is 35.2 Å². The summed E-state index contributed by atoms with van der Waals surface area (Å²) in [4.78, 5) is 2.45. The van der Waals surface area contributed by atoms with Crippen LogP contribution < -0.4 is 0 Å². The van der Waals surface area contributed by atoms with E-state index >= 15 is 0 Å². The van der Waals surface area contributed by atoms with Crippen molar-refractivity contribution in [3.63, 3.8) is 0 Å². The monoisotopic (exact) mass is 225 g/mol. The number of hydrogen-bond acceptors (Lipinski definition) is 2. The van der Waals surface area contributed by atoms with E-state index in [1.807, 2.05) is 0 Å². The maximum Gasteiger partial charge on any atom is 0.0695 e. The van der Waals surface area contributed by atoms with Gasteiger partial charge in [0.25, 0.3) is 0 Å². The highest BCUT2D eigenvalue weighted by Crippen LogP contribution is 2.41. The van der Waals surface area contributed by atoms with E-state index in [1.54, 1.807) is 0 Å². The van der Waals surface area contributed by atoms with Crippen molar-refractivity contribution >= 4 is 0 Å². The molecule has 2 fully saturated rings. The highest BCUT2D eigenvalue weighted by atomic mass is 16.3. The summed E-state index contributed by atoms with van der Waals surface area (Å²) in [5, 5.41) is 10.2. The quantitative estimate of drug-likeness (QED) is 0.798. The summed E-state index contributed by atoms with van der Waals surface area (Å²) in [7, 11) is 2.21. The Morgan fingerprint density at radius 3 is 2.44 bits per heavy atom. The molecule has 16 heavy (non-hydrogen) atoms. The smallest absolute Gasteiger partial charge is 0.0695 e. The average molecular weight is 225 g/mol. The largest absolute Gasteiger partial charge is 0.391 e. The van der Waals surface area contributed by atoms with Gasteiger partial charge in [-0.15, -0.1) is 0 Å². The first-order chi connectivity index (χ1) is 7.41. The molecule has 0 bridgehead atoms. The SMILES string of the molecule is CC(C1CC1)N(C)C1CC(C)(C)CCC1O. The van der Waals surface area contributed by atoms with Crippen LogP contribution in [0.4, 0.5) is 0 Å². The first-order valence-electron chi connectivity index (χ1n) is 6.81. The van der Waals surface area contributed by atoms with Crippen molar-refractivity contribution < 1.29 is 5.11 Å². The van der Waals surface area contributed by atoms with E-state index in [-0.39, 0.29) is 6.10 Å². The fourth-order valence-corrected chi connectivity index (χ4v) is 3.16. The zero-order valence-corrected chi connectivity index (χ0v) is 11.2. The topological polar surface area (TPSA) is 23.5 Å². The van der Waals surface area contributed by atoms with Gasteiger partial charge < -0.3 is 5.11 Å². The Labute approximate surface area is 100 Å². The maximum atomic E-state index is 10.2. The second kappa shape index (κ2) is 4.30. The van der Waals surface area contributed by atoms with Crippen molar-refractivity contribution in [2.45, 2.75) is 71.1 Å². The summed E-state index contributed by atoms with van der Waals surface area (Å²) in [5.74, 6) is 0.891. The van der Waals surface area contributed by atoms with Gasteiger partial charge in [0.15, 0.2) is 0 Å². The Bertz CT molecular complexity index is 247. The number of likely N-dealkylation sites (N-methyl/N-ethyl adjacent to an activating group) is 1. The van der Waals surface area contributed by atoms with E-state index in [9.17, 15) is 5.11 Å². The lowest BCUT2D eigenvalue weighted by Crippen LogP contribution is -2.51. The molecule has 0 spiro atoms. The van der Waals surface area contributed by atoms with Gasteiger partial charge in [-0.1, -0.05) is 13.8 Å². The molecule has 2 aliphatic carbocycles. The molecule has 2 aliphatic rings. The van der Waals surface area contributed by atoms with Crippen molar-refractivity contribution in [1.82, 2.24) is 4.90 Å². The highest BCUT2D eigenvalue weighted by Gasteiger charge is 2.40. The molecule has 0 amide bonds. The second-order valence-corrected chi connectivity index (χ2v) is 6.79. The van der Waals surface area contributed by atoms with Gasteiger partial charge in [-0.3, -0.25) is 4.90 Å². The minimum absolute atomic E-state index is 0.112. The Morgan fingerprint density at radius 2 is 1.88 bits per heavy atom. The first-order valence-corrected chi connectivity index (χ1v) is 6.81. The summed E-state index contributed by atoms with van der Waals surface area (Å²) in [5.41, 5.74) is 0.404. The van der Waals surface area contributed by atoms with Crippen molar-refractivity contribution in [2.75, 3.05) is 7.05 Å². The van der Waals surface area contributed by atoms with E-state index in [0.29, 0.717) is 17.5 Å². The fourth-order valence-electron chi connectivity index (χ4n) is 3.16. The van der Waals surface area contributed by atoms with Gasteiger partial charge in [0, 0.05) is 12.1 Å². The number of rotatable bonds is 3. The molecule has 0 heterocycles. The van der Waals surface area contributed by atoms with Crippen LogP contribution >= 0.6 is 0 Å². The number of nitrogens with zero attached hydrogens (tertiary/aromatic N) is 1. The van der Waals surface area contributed by atoms with Crippen LogP contribution in [0.5, 0.6) is 0 Å². The predicted molar refractivity (Wildman–Crippen MR) is 67.4 cm³/mol. The fraction of sp³-hybridized carbons (Fsp3) is 1.00. The maximum absolute atomic E-state index is 10.2. The molecule has 2 heteroatoms. The van der Waals surface area contributed by atoms with Crippen LogP contribution in [0.15, 0.2) is 0 Å². The van der Waals surface area contributed by atoms with Crippen molar-refractivity contribution in [3.05, 3.63) is 0 Å². The molecule has 2 saturated carbocycles. The molecule has 0 radical (unpaired) electrons. The van der Waals surface area contributed by atoms with Crippen LogP contribution in [0.2, 0.25) is 0 Å². The lowest BCUT2D eigenvalue weighted by molar-refractivity contribution is -0.0232. The summed E-state index contributed by atoms with van der Waals surface area (Å²) >= 11 is 0. The normalized spacial score (nSPS) is 36.4. The van der Waals surface area contributed by atoms with Crippen LogP contribution in [0.1, 0.15) is 52.9 Å². The van der Waals surface area contributed by atoms with Gasteiger partial charge in [-0.2, -0.15) is 0 Å². The molecule has 94 valence electrons. The molecular weight excluding hydrogens is 198 g/mol. The third kappa shape index (κ3) is 2.60. The van der Waals surface area contributed by atoms with Crippen molar-refractivity contribution in [3.8, 4) is 0 Å². The van der Waals surface area contributed by atoms with E-state index in [0.717, 1.165) is 25.2 Å². The molecule has 0 saturated heterocycles. The zero-order chi connectivity index (χ0) is 11.9. The second-order valence-electron chi connectivity index (χ2n) is 6.79. The summed E-state index contributed by atoms with van der Waals surface area (Å²) in [6.45, 7) is 7.00. The van der Waals surface area contributed by atoms with Crippen LogP contribution in [0.25, 0.3) is 0 Å². The molecule has 2 rings (SSSR count). The minimum atomic E-state index is -0.112. The van der Waals surface area contributed by atoms with Crippen LogP contribution in [0.3, 0.4) is 0 Å². The lowest BCUT2D eigenvalue weighted by Gasteiger charge is -2.45. The molecule has 1 N–H and O–H groups in total. The van der Waals surface area contributed by atoms with Gasteiger partial charge in [0.05, 0.1) is 6.10 Å². The number of aliphatic hydroxyl groups is 1. The Balaban J connectivity index is 1.99. The summed E-state index contributed by atoms with van der Waals surface area (Å²) in [6.07, 6.45) is 5.94. The molecule has 2 nitrogen and oxygen atoms in total. The number of aliphatic hydroxyl groups excluding tert-OH is 1.